The van der Waals surface area contributed by atoms with Gasteiger partial charge in [-0.15, -0.1) is 5.10 Å². The van der Waals surface area contributed by atoms with E-state index in [4.69, 9.17) is 14.2 Å². The Morgan fingerprint density at radius 2 is 1.79 bits per heavy atom. The molecular weight excluding hydrogens is 394 g/mol. The fraction of sp³-hybridized carbons (Fsp3) is 0.200. The molecule has 29 heavy (non-hydrogen) atoms. The normalized spacial score (nSPS) is 10.3. The monoisotopic (exact) mass is 413 g/mol. The highest BCUT2D eigenvalue weighted by Crippen LogP contribution is 2.26. The number of nitrogens with zero attached hydrogens (tertiary/aromatic N) is 2. The molecule has 150 valence electrons. The standard InChI is InChI=1S/C20H19N3O5S/c1-26-15-8-6-13(7-9-15)17-18(29-23-22-17)20(25)28-11-10-21-19(24)14-4-3-5-16(12-14)27-2/h3-9,12H,10-11H2,1-2H3,(H,21,24). The van der Waals surface area contributed by atoms with Gasteiger partial charge < -0.3 is 19.5 Å². The van der Waals surface area contributed by atoms with Gasteiger partial charge in [0.15, 0.2) is 4.88 Å². The van der Waals surface area contributed by atoms with Gasteiger partial charge in [-0.05, 0) is 54.0 Å². The van der Waals surface area contributed by atoms with Crippen LogP contribution in [0.25, 0.3) is 11.3 Å². The van der Waals surface area contributed by atoms with Crippen molar-refractivity contribution in [3.05, 3.63) is 59.0 Å². The Balaban J connectivity index is 1.53. The zero-order chi connectivity index (χ0) is 20.6. The van der Waals surface area contributed by atoms with E-state index in [1.165, 1.54) is 7.11 Å². The highest BCUT2D eigenvalue weighted by Gasteiger charge is 2.19. The number of carbonyl (C=O) groups excluding carboxylic acids is 2. The minimum Gasteiger partial charge on any atom is -0.497 e. The van der Waals surface area contributed by atoms with Gasteiger partial charge in [0.1, 0.15) is 23.8 Å². The predicted molar refractivity (Wildman–Crippen MR) is 108 cm³/mol. The average molecular weight is 413 g/mol. The zero-order valence-corrected chi connectivity index (χ0v) is 16.7. The third-order valence-corrected chi connectivity index (χ3v) is 4.70. The summed E-state index contributed by atoms with van der Waals surface area (Å²) in [6.07, 6.45) is 0. The van der Waals surface area contributed by atoms with Crippen LogP contribution in [0.2, 0.25) is 0 Å². The van der Waals surface area contributed by atoms with E-state index >= 15 is 0 Å². The molecule has 0 saturated carbocycles. The first-order valence-corrected chi connectivity index (χ1v) is 9.46. The molecule has 0 aliphatic rings. The number of aromatic nitrogens is 2. The molecule has 0 spiro atoms. The van der Waals surface area contributed by atoms with Crippen LogP contribution in [0.1, 0.15) is 20.0 Å². The van der Waals surface area contributed by atoms with E-state index in [-0.39, 0.29) is 19.1 Å². The van der Waals surface area contributed by atoms with Crippen LogP contribution in [0.4, 0.5) is 0 Å². The lowest BCUT2D eigenvalue weighted by Crippen LogP contribution is -2.28. The second kappa shape index (κ2) is 9.65. The van der Waals surface area contributed by atoms with Gasteiger partial charge in [-0.1, -0.05) is 10.6 Å². The number of methoxy groups -OCH3 is 2. The maximum Gasteiger partial charge on any atom is 0.352 e. The smallest absolute Gasteiger partial charge is 0.352 e. The molecule has 0 atom stereocenters. The summed E-state index contributed by atoms with van der Waals surface area (Å²) in [7, 11) is 3.11. The quantitative estimate of drug-likeness (QED) is 0.448. The summed E-state index contributed by atoms with van der Waals surface area (Å²) < 4.78 is 19.3. The van der Waals surface area contributed by atoms with E-state index in [0.29, 0.717) is 27.6 Å². The van der Waals surface area contributed by atoms with Crippen molar-refractivity contribution in [2.75, 3.05) is 27.4 Å². The molecule has 3 rings (SSSR count). The Bertz CT molecular complexity index is 988. The van der Waals surface area contributed by atoms with Crippen molar-refractivity contribution in [3.8, 4) is 22.8 Å². The van der Waals surface area contributed by atoms with Crippen LogP contribution >= 0.6 is 11.5 Å². The molecule has 8 nitrogen and oxygen atoms in total. The van der Waals surface area contributed by atoms with E-state index in [1.807, 2.05) is 0 Å². The lowest BCUT2D eigenvalue weighted by molar-refractivity contribution is 0.0509. The number of hydrogen-bond acceptors (Lipinski definition) is 8. The van der Waals surface area contributed by atoms with Crippen LogP contribution < -0.4 is 14.8 Å². The molecule has 1 amide bonds. The summed E-state index contributed by atoms with van der Waals surface area (Å²) >= 11 is 0.960. The molecule has 1 N–H and O–H groups in total. The first kappa shape index (κ1) is 20.3. The van der Waals surface area contributed by atoms with E-state index in [9.17, 15) is 9.59 Å². The van der Waals surface area contributed by atoms with E-state index in [2.05, 4.69) is 14.9 Å². The Morgan fingerprint density at radius 3 is 2.52 bits per heavy atom. The Morgan fingerprint density at radius 1 is 1.03 bits per heavy atom. The summed E-state index contributed by atoms with van der Waals surface area (Å²) in [5.74, 6) is 0.473. The second-order valence-corrected chi connectivity index (χ2v) is 6.56. The van der Waals surface area contributed by atoms with Crippen LogP contribution in [-0.4, -0.2) is 48.8 Å². The molecular formula is C20H19N3O5S. The van der Waals surface area contributed by atoms with Crippen LogP contribution in [0.5, 0.6) is 11.5 Å². The van der Waals surface area contributed by atoms with Crippen molar-refractivity contribution in [1.29, 1.82) is 0 Å². The van der Waals surface area contributed by atoms with Crippen molar-refractivity contribution in [2.45, 2.75) is 0 Å². The van der Waals surface area contributed by atoms with Crippen LogP contribution in [0.3, 0.4) is 0 Å². The lowest BCUT2D eigenvalue weighted by Gasteiger charge is -2.08. The van der Waals surface area contributed by atoms with E-state index in [1.54, 1.807) is 55.6 Å². The van der Waals surface area contributed by atoms with Crippen molar-refractivity contribution in [3.63, 3.8) is 0 Å². The molecule has 0 saturated heterocycles. The zero-order valence-electron chi connectivity index (χ0n) is 15.9. The molecule has 0 aliphatic heterocycles. The topological polar surface area (TPSA) is 99.6 Å². The maximum absolute atomic E-state index is 12.4. The summed E-state index contributed by atoms with van der Waals surface area (Å²) in [5, 5.41) is 6.72. The van der Waals surface area contributed by atoms with E-state index in [0.717, 1.165) is 17.1 Å². The minimum absolute atomic E-state index is 0.0223. The number of esters is 1. The largest absolute Gasteiger partial charge is 0.497 e. The molecule has 0 bridgehead atoms. The van der Waals surface area contributed by atoms with Crippen molar-refractivity contribution >= 4 is 23.4 Å². The summed E-state index contributed by atoms with van der Waals surface area (Å²) in [5.41, 5.74) is 1.64. The van der Waals surface area contributed by atoms with Gasteiger partial charge in [-0.3, -0.25) is 4.79 Å². The molecule has 3 aromatic rings. The van der Waals surface area contributed by atoms with Gasteiger partial charge in [0.25, 0.3) is 5.91 Å². The van der Waals surface area contributed by atoms with Crippen molar-refractivity contribution < 1.29 is 23.8 Å². The molecule has 0 radical (unpaired) electrons. The van der Waals surface area contributed by atoms with Gasteiger partial charge in [0, 0.05) is 11.1 Å². The van der Waals surface area contributed by atoms with Crippen molar-refractivity contribution in [2.24, 2.45) is 0 Å². The first-order chi connectivity index (χ1) is 14.1. The third kappa shape index (κ3) is 5.08. The number of amides is 1. The van der Waals surface area contributed by atoms with Gasteiger partial charge in [-0.25, -0.2) is 4.79 Å². The van der Waals surface area contributed by atoms with Gasteiger partial charge in [-0.2, -0.15) is 0 Å². The molecule has 9 heteroatoms. The summed E-state index contributed by atoms with van der Waals surface area (Å²) in [6, 6.07) is 13.9. The lowest BCUT2D eigenvalue weighted by atomic mass is 10.1. The average Bonchev–Trinajstić information content (AvgIpc) is 3.26. The summed E-state index contributed by atoms with van der Waals surface area (Å²) in [6.45, 7) is 0.195. The molecule has 0 aliphatic carbocycles. The summed E-state index contributed by atoms with van der Waals surface area (Å²) in [4.78, 5) is 24.8. The Labute approximate surface area is 171 Å². The van der Waals surface area contributed by atoms with Gasteiger partial charge >= 0.3 is 5.97 Å². The van der Waals surface area contributed by atoms with Gasteiger partial charge in [0.05, 0.1) is 20.8 Å². The van der Waals surface area contributed by atoms with Gasteiger partial charge in [0.2, 0.25) is 0 Å². The van der Waals surface area contributed by atoms with Crippen LogP contribution in [0, 0.1) is 0 Å². The van der Waals surface area contributed by atoms with Crippen molar-refractivity contribution in [1.82, 2.24) is 14.9 Å². The SMILES string of the molecule is COc1ccc(-c2nnsc2C(=O)OCCNC(=O)c2cccc(OC)c2)cc1. The number of carbonyl (C=O) groups is 2. The Kier molecular flexibility index (Phi) is 6.75. The van der Waals surface area contributed by atoms with E-state index < -0.39 is 5.97 Å². The number of rotatable bonds is 8. The van der Waals surface area contributed by atoms with Crippen LogP contribution in [-0.2, 0) is 4.74 Å². The Hall–Kier alpha value is -3.46. The predicted octanol–water partition coefficient (Wildman–Crippen LogP) is 2.81. The molecule has 1 heterocycles. The number of benzene rings is 2. The highest BCUT2D eigenvalue weighted by molar-refractivity contribution is 7.08. The minimum atomic E-state index is -0.540. The van der Waals surface area contributed by atoms with Crippen LogP contribution in [0.15, 0.2) is 48.5 Å². The second-order valence-electron chi connectivity index (χ2n) is 5.80. The molecule has 0 fully saturated rings. The number of hydrogen-bond donors (Lipinski definition) is 1. The maximum atomic E-state index is 12.4. The molecule has 0 unspecified atom stereocenters. The fourth-order valence-corrected chi connectivity index (χ4v) is 3.09. The third-order valence-electron chi connectivity index (χ3n) is 3.99. The molecule has 2 aromatic carbocycles. The highest BCUT2D eigenvalue weighted by atomic mass is 32.1. The fourth-order valence-electron chi connectivity index (χ4n) is 2.50. The number of ether oxygens (including phenoxy) is 3. The number of nitrogens with one attached hydrogen (secondary N) is 1. The molecule has 1 aromatic heterocycles. The first-order valence-electron chi connectivity index (χ1n) is 8.68.